The Bertz CT molecular complexity index is 425. The smallest absolute Gasteiger partial charge is 0.133 e. The monoisotopic (exact) mass is 327 g/mol. The van der Waals surface area contributed by atoms with E-state index < -0.39 is 0 Å². The van der Waals surface area contributed by atoms with E-state index in [9.17, 15) is 0 Å². The highest BCUT2D eigenvalue weighted by atomic mass is 79.9. The zero-order valence-corrected chi connectivity index (χ0v) is 13.4. The summed E-state index contributed by atoms with van der Waals surface area (Å²) in [5.74, 6) is 1.40. The molecule has 1 fully saturated rings. The van der Waals surface area contributed by atoms with Crippen molar-refractivity contribution in [3.05, 3.63) is 28.2 Å². The van der Waals surface area contributed by atoms with E-state index in [-0.39, 0.29) is 0 Å². The van der Waals surface area contributed by atoms with Crippen LogP contribution in [0, 0.1) is 5.92 Å². The molecule has 19 heavy (non-hydrogen) atoms. The van der Waals surface area contributed by atoms with E-state index in [0.717, 1.165) is 29.8 Å². The first kappa shape index (κ1) is 14.8. The maximum Gasteiger partial charge on any atom is 0.133 e. The Morgan fingerprint density at radius 1 is 1.53 bits per heavy atom. The van der Waals surface area contributed by atoms with E-state index in [1.807, 2.05) is 6.07 Å². The van der Waals surface area contributed by atoms with E-state index in [2.05, 4.69) is 47.2 Å². The number of rotatable bonds is 5. The molecule has 0 spiro atoms. The standard InChI is InChI=1S/C15H22BrNO2/c1-4-17-15(12-7-8-19-10(12)2)11-5-6-14(18-3)13(16)9-11/h5-6,9-10,12,15,17H,4,7-8H2,1-3H3. The zero-order chi connectivity index (χ0) is 13.8. The highest BCUT2D eigenvalue weighted by Gasteiger charge is 2.32. The van der Waals surface area contributed by atoms with Gasteiger partial charge in [0, 0.05) is 18.6 Å². The second-order valence-electron chi connectivity index (χ2n) is 4.96. The molecular weight excluding hydrogens is 306 g/mol. The molecule has 0 saturated carbocycles. The molecule has 2 rings (SSSR count). The number of ether oxygens (including phenoxy) is 2. The van der Waals surface area contributed by atoms with Crippen molar-refractivity contribution < 1.29 is 9.47 Å². The molecule has 4 heteroatoms. The van der Waals surface area contributed by atoms with Crippen LogP contribution < -0.4 is 10.1 Å². The third-order valence-electron chi connectivity index (χ3n) is 3.82. The zero-order valence-electron chi connectivity index (χ0n) is 11.8. The topological polar surface area (TPSA) is 30.5 Å². The van der Waals surface area contributed by atoms with Crippen molar-refractivity contribution in [2.45, 2.75) is 32.4 Å². The van der Waals surface area contributed by atoms with E-state index in [1.54, 1.807) is 7.11 Å². The van der Waals surface area contributed by atoms with Gasteiger partial charge in [-0.1, -0.05) is 13.0 Å². The predicted molar refractivity (Wildman–Crippen MR) is 80.6 cm³/mol. The highest BCUT2D eigenvalue weighted by molar-refractivity contribution is 9.10. The summed E-state index contributed by atoms with van der Waals surface area (Å²) in [5, 5.41) is 3.59. The summed E-state index contributed by atoms with van der Waals surface area (Å²) >= 11 is 3.57. The van der Waals surface area contributed by atoms with Crippen molar-refractivity contribution in [2.24, 2.45) is 5.92 Å². The highest BCUT2D eigenvalue weighted by Crippen LogP contribution is 2.36. The number of hydrogen-bond donors (Lipinski definition) is 1. The SMILES string of the molecule is CCNC(c1ccc(OC)c(Br)c1)C1CCOC1C. The van der Waals surface area contributed by atoms with Crippen LogP contribution in [0.4, 0.5) is 0 Å². The van der Waals surface area contributed by atoms with Crippen molar-refractivity contribution >= 4 is 15.9 Å². The number of benzene rings is 1. The van der Waals surface area contributed by atoms with Gasteiger partial charge in [0.1, 0.15) is 5.75 Å². The lowest BCUT2D eigenvalue weighted by atomic mass is 9.88. The lowest BCUT2D eigenvalue weighted by Gasteiger charge is -2.27. The molecule has 0 aliphatic carbocycles. The van der Waals surface area contributed by atoms with Crippen LogP contribution in [0.25, 0.3) is 0 Å². The summed E-state index contributed by atoms with van der Waals surface area (Å²) in [6.07, 6.45) is 1.42. The number of halogens is 1. The Morgan fingerprint density at radius 2 is 2.32 bits per heavy atom. The minimum absolute atomic E-state index is 0.310. The predicted octanol–water partition coefficient (Wildman–Crippen LogP) is 3.53. The Labute approximate surface area is 123 Å². The largest absolute Gasteiger partial charge is 0.496 e. The molecule has 1 aromatic carbocycles. The summed E-state index contributed by atoms with van der Waals surface area (Å²) in [5.41, 5.74) is 1.29. The van der Waals surface area contributed by atoms with Crippen LogP contribution in [0.1, 0.15) is 31.9 Å². The Kier molecular flexibility index (Phi) is 5.25. The molecule has 1 N–H and O–H groups in total. The fraction of sp³-hybridized carbons (Fsp3) is 0.600. The van der Waals surface area contributed by atoms with Gasteiger partial charge in [0.25, 0.3) is 0 Å². The van der Waals surface area contributed by atoms with E-state index >= 15 is 0 Å². The van der Waals surface area contributed by atoms with Gasteiger partial charge in [-0.05, 0) is 53.5 Å². The van der Waals surface area contributed by atoms with Gasteiger partial charge in [0.05, 0.1) is 17.7 Å². The van der Waals surface area contributed by atoms with E-state index in [4.69, 9.17) is 9.47 Å². The van der Waals surface area contributed by atoms with Gasteiger partial charge in [0.15, 0.2) is 0 Å². The average Bonchev–Trinajstić information content (AvgIpc) is 2.82. The molecule has 1 saturated heterocycles. The molecule has 1 aromatic rings. The van der Waals surface area contributed by atoms with Gasteiger partial charge in [-0.25, -0.2) is 0 Å². The van der Waals surface area contributed by atoms with Crippen LogP contribution in [0.15, 0.2) is 22.7 Å². The van der Waals surface area contributed by atoms with Crippen molar-refractivity contribution in [3.8, 4) is 5.75 Å². The van der Waals surface area contributed by atoms with Crippen molar-refractivity contribution in [3.63, 3.8) is 0 Å². The van der Waals surface area contributed by atoms with Crippen LogP contribution in [0.2, 0.25) is 0 Å². The first-order valence-corrected chi connectivity index (χ1v) is 7.65. The quantitative estimate of drug-likeness (QED) is 0.897. The average molecular weight is 328 g/mol. The molecule has 1 aliphatic heterocycles. The fourth-order valence-corrected chi connectivity index (χ4v) is 3.36. The van der Waals surface area contributed by atoms with E-state index in [1.165, 1.54) is 5.56 Å². The maximum absolute atomic E-state index is 5.71. The molecule has 3 unspecified atom stereocenters. The number of nitrogens with one attached hydrogen (secondary N) is 1. The summed E-state index contributed by atoms with van der Waals surface area (Å²) in [6, 6.07) is 6.65. The van der Waals surface area contributed by atoms with Crippen molar-refractivity contribution in [2.75, 3.05) is 20.3 Å². The minimum Gasteiger partial charge on any atom is -0.496 e. The number of methoxy groups -OCH3 is 1. The van der Waals surface area contributed by atoms with Crippen LogP contribution in [0.5, 0.6) is 5.75 Å². The van der Waals surface area contributed by atoms with Gasteiger partial charge in [0.2, 0.25) is 0 Å². The molecular formula is C15H22BrNO2. The van der Waals surface area contributed by atoms with Gasteiger partial charge in [-0.3, -0.25) is 0 Å². The number of hydrogen-bond acceptors (Lipinski definition) is 3. The Morgan fingerprint density at radius 3 is 2.84 bits per heavy atom. The van der Waals surface area contributed by atoms with Crippen molar-refractivity contribution in [1.82, 2.24) is 5.32 Å². The van der Waals surface area contributed by atoms with Gasteiger partial charge >= 0.3 is 0 Å². The molecule has 0 radical (unpaired) electrons. The fourth-order valence-electron chi connectivity index (χ4n) is 2.80. The third kappa shape index (κ3) is 3.30. The summed E-state index contributed by atoms with van der Waals surface area (Å²) < 4.78 is 12.0. The minimum atomic E-state index is 0.310. The lowest BCUT2D eigenvalue weighted by Crippen LogP contribution is -2.31. The van der Waals surface area contributed by atoms with Crippen LogP contribution in [-0.2, 0) is 4.74 Å². The molecule has 0 aromatic heterocycles. The van der Waals surface area contributed by atoms with Crippen LogP contribution >= 0.6 is 15.9 Å². The Balaban J connectivity index is 2.25. The molecule has 0 amide bonds. The Hall–Kier alpha value is -0.580. The van der Waals surface area contributed by atoms with E-state index in [0.29, 0.717) is 18.1 Å². The third-order valence-corrected chi connectivity index (χ3v) is 4.44. The van der Waals surface area contributed by atoms with Gasteiger partial charge in [-0.2, -0.15) is 0 Å². The van der Waals surface area contributed by atoms with Gasteiger partial charge < -0.3 is 14.8 Å². The van der Waals surface area contributed by atoms with Crippen molar-refractivity contribution in [1.29, 1.82) is 0 Å². The molecule has 0 bridgehead atoms. The first-order chi connectivity index (χ1) is 9.17. The molecule has 1 aliphatic rings. The van der Waals surface area contributed by atoms with Crippen LogP contribution in [-0.4, -0.2) is 26.4 Å². The first-order valence-electron chi connectivity index (χ1n) is 6.85. The van der Waals surface area contributed by atoms with Gasteiger partial charge in [-0.15, -0.1) is 0 Å². The summed E-state index contributed by atoms with van der Waals surface area (Å²) in [6.45, 7) is 6.13. The maximum atomic E-state index is 5.71. The molecule has 3 atom stereocenters. The molecule has 1 heterocycles. The normalized spacial score (nSPS) is 24.4. The second kappa shape index (κ2) is 6.73. The second-order valence-corrected chi connectivity index (χ2v) is 5.81. The summed E-state index contributed by atoms with van der Waals surface area (Å²) in [7, 11) is 1.69. The van der Waals surface area contributed by atoms with Crippen LogP contribution in [0.3, 0.4) is 0 Å². The molecule has 3 nitrogen and oxygen atoms in total. The molecule has 106 valence electrons. The summed E-state index contributed by atoms with van der Waals surface area (Å²) in [4.78, 5) is 0. The lowest BCUT2D eigenvalue weighted by molar-refractivity contribution is 0.0955.